The lowest BCUT2D eigenvalue weighted by Crippen LogP contribution is -2.05. The van der Waals surface area contributed by atoms with Gasteiger partial charge in [-0.05, 0) is 36.4 Å². The first-order valence-corrected chi connectivity index (χ1v) is 7.73. The van der Waals surface area contributed by atoms with Crippen LogP contribution >= 0.6 is 0 Å². The highest BCUT2D eigenvalue weighted by atomic mass is 19.4. The predicted molar refractivity (Wildman–Crippen MR) is 89.6 cm³/mol. The zero-order valence-corrected chi connectivity index (χ0v) is 13.7. The second kappa shape index (κ2) is 7.43. The third kappa shape index (κ3) is 4.22. The Morgan fingerprint density at radius 2 is 1.85 bits per heavy atom. The molecule has 1 N–H and O–H groups in total. The molecule has 0 saturated carbocycles. The van der Waals surface area contributed by atoms with Gasteiger partial charge >= 0.3 is 6.18 Å². The van der Waals surface area contributed by atoms with E-state index in [1.54, 1.807) is 12.1 Å². The number of hydrogen-bond acceptors (Lipinski definition) is 5. The summed E-state index contributed by atoms with van der Waals surface area (Å²) in [6.07, 6.45) is -3.21. The standard InChI is InChI=1S/C19H12F3N3O2/c20-19(21,22)14-3-1-2-13(8-14)16-10-24-17(11-26)18(25-16)27-15-6-4-12(9-23)5-7-15/h1-8,10,26H,11H2. The number of aromatic nitrogens is 2. The molecule has 136 valence electrons. The van der Waals surface area contributed by atoms with E-state index in [4.69, 9.17) is 10.00 Å². The van der Waals surface area contributed by atoms with E-state index in [0.717, 1.165) is 12.1 Å². The maximum Gasteiger partial charge on any atom is 0.416 e. The second-order valence-corrected chi connectivity index (χ2v) is 5.48. The molecular formula is C19H12F3N3O2. The van der Waals surface area contributed by atoms with Crippen LogP contribution in [0.3, 0.4) is 0 Å². The minimum atomic E-state index is -4.48. The lowest BCUT2D eigenvalue weighted by atomic mass is 10.1. The molecule has 0 bridgehead atoms. The van der Waals surface area contributed by atoms with Crippen molar-refractivity contribution in [2.45, 2.75) is 12.8 Å². The van der Waals surface area contributed by atoms with Gasteiger partial charge in [0, 0.05) is 5.56 Å². The predicted octanol–water partition coefficient (Wildman–Crippen LogP) is 4.32. The van der Waals surface area contributed by atoms with Gasteiger partial charge in [-0.15, -0.1) is 0 Å². The van der Waals surface area contributed by atoms with E-state index in [2.05, 4.69) is 9.97 Å². The lowest BCUT2D eigenvalue weighted by Gasteiger charge is -2.11. The smallest absolute Gasteiger partial charge is 0.416 e. The van der Waals surface area contributed by atoms with Crippen molar-refractivity contribution in [1.82, 2.24) is 9.97 Å². The van der Waals surface area contributed by atoms with Crippen molar-refractivity contribution in [3.05, 3.63) is 71.5 Å². The topological polar surface area (TPSA) is 79.0 Å². The van der Waals surface area contributed by atoms with Gasteiger partial charge in [-0.25, -0.2) is 4.98 Å². The van der Waals surface area contributed by atoms with Crippen LogP contribution < -0.4 is 4.74 Å². The van der Waals surface area contributed by atoms with Crippen molar-refractivity contribution in [2.75, 3.05) is 0 Å². The van der Waals surface area contributed by atoms with Gasteiger partial charge < -0.3 is 9.84 Å². The molecule has 0 saturated heterocycles. The van der Waals surface area contributed by atoms with Crippen molar-refractivity contribution >= 4 is 0 Å². The first-order chi connectivity index (χ1) is 12.9. The first-order valence-electron chi connectivity index (χ1n) is 7.73. The Bertz CT molecular complexity index is 996. The summed E-state index contributed by atoms with van der Waals surface area (Å²) in [4.78, 5) is 8.22. The fraction of sp³-hybridized carbons (Fsp3) is 0.105. The highest BCUT2D eigenvalue weighted by molar-refractivity contribution is 5.60. The third-order valence-corrected chi connectivity index (χ3v) is 3.64. The zero-order valence-electron chi connectivity index (χ0n) is 13.7. The summed E-state index contributed by atoms with van der Waals surface area (Å²) in [5.41, 5.74) is 0.152. The van der Waals surface area contributed by atoms with Crippen molar-refractivity contribution in [3.63, 3.8) is 0 Å². The Balaban J connectivity index is 1.97. The van der Waals surface area contributed by atoms with Crippen LogP contribution in [0.25, 0.3) is 11.3 Å². The number of alkyl halides is 3. The molecule has 0 fully saturated rings. The molecule has 3 rings (SSSR count). The molecular weight excluding hydrogens is 359 g/mol. The molecule has 27 heavy (non-hydrogen) atoms. The Morgan fingerprint density at radius 3 is 2.48 bits per heavy atom. The van der Waals surface area contributed by atoms with E-state index >= 15 is 0 Å². The number of aliphatic hydroxyl groups excluding tert-OH is 1. The van der Waals surface area contributed by atoms with Crippen LogP contribution in [0.15, 0.2) is 54.7 Å². The summed E-state index contributed by atoms with van der Waals surface area (Å²) in [7, 11) is 0. The summed E-state index contributed by atoms with van der Waals surface area (Å²) < 4.78 is 44.3. The van der Waals surface area contributed by atoms with Crippen LogP contribution in [0.1, 0.15) is 16.8 Å². The molecule has 3 aromatic rings. The number of rotatable bonds is 4. The number of nitriles is 1. The Hall–Kier alpha value is -3.44. The molecule has 0 aliphatic heterocycles. The van der Waals surface area contributed by atoms with Crippen LogP contribution in [0, 0.1) is 11.3 Å². The number of benzene rings is 2. The molecule has 1 aromatic heterocycles. The minimum Gasteiger partial charge on any atom is -0.437 e. The molecule has 0 aliphatic carbocycles. The molecule has 0 radical (unpaired) electrons. The van der Waals surface area contributed by atoms with Crippen molar-refractivity contribution in [1.29, 1.82) is 5.26 Å². The van der Waals surface area contributed by atoms with Gasteiger partial charge in [-0.2, -0.15) is 18.4 Å². The van der Waals surface area contributed by atoms with Crippen LogP contribution in [0.5, 0.6) is 11.6 Å². The van der Waals surface area contributed by atoms with Gasteiger partial charge in [0.15, 0.2) is 0 Å². The van der Waals surface area contributed by atoms with Gasteiger partial charge in [0.1, 0.15) is 11.4 Å². The molecule has 2 aromatic carbocycles. The maximum absolute atomic E-state index is 12.9. The summed E-state index contributed by atoms with van der Waals surface area (Å²) in [6.45, 7) is -0.457. The third-order valence-electron chi connectivity index (χ3n) is 3.64. The molecule has 0 atom stereocenters. The molecule has 0 spiro atoms. The monoisotopic (exact) mass is 371 g/mol. The molecule has 1 heterocycles. The van der Waals surface area contributed by atoms with Crippen molar-refractivity contribution in [2.24, 2.45) is 0 Å². The molecule has 0 aliphatic rings. The van der Waals surface area contributed by atoms with E-state index in [9.17, 15) is 18.3 Å². The van der Waals surface area contributed by atoms with Crippen molar-refractivity contribution < 1.29 is 23.0 Å². The number of aliphatic hydroxyl groups is 1. The number of nitrogens with zero attached hydrogens (tertiary/aromatic N) is 3. The van der Waals surface area contributed by atoms with Crippen LogP contribution in [0.2, 0.25) is 0 Å². The summed E-state index contributed by atoms with van der Waals surface area (Å²) in [5, 5.41) is 18.2. The van der Waals surface area contributed by atoms with Crippen LogP contribution in [-0.2, 0) is 12.8 Å². The highest BCUT2D eigenvalue weighted by Crippen LogP contribution is 2.32. The lowest BCUT2D eigenvalue weighted by molar-refractivity contribution is -0.137. The second-order valence-electron chi connectivity index (χ2n) is 5.48. The fourth-order valence-corrected chi connectivity index (χ4v) is 2.29. The van der Waals surface area contributed by atoms with E-state index in [1.807, 2.05) is 6.07 Å². The highest BCUT2D eigenvalue weighted by Gasteiger charge is 2.30. The number of halogens is 3. The minimum absolute atomic E-state index is 0.0304. The first kappa shape index (κ1) is 18.4. The van der Waals surface area contributed by atoms with Crippen molar-refractivity contribution in [3.8, 4) is 29.0 Å². The maximum atomic E-state index is 12.9. The molecule has 5 nitrogen and oxygen atoms in total. The summed E-state index contributed by atoms with van der Waals surface area (Å²) in [5.74, 6) is 0.316. The SMILES string of the molecule is N#Cc1ccc(Oc2nc(-c3cccc(C(F)(F)F)c3)cnc2CO)cc1. The van der Waals surface area contributed by atoms with E-state index in [-0.39, 0.29) is 22.8 Å². The largest absolute Gasteiger partial charge is 0.437 e. The Labute approximate surface area is 152 Å². The average Bonchev–Trinajstić information content (AvgIpc) is 2.68. The van der Waals surface area contributed by atoms with Gasteiger partial charge in [-0.1, -0.05) is 12.1 Å². The van der Waals surface area contributed by atoms with Gasteiger partial charge in [-0.3, -0.25) is 4.98 Å². The van der Waals surface area contributed by atoms with E-state index in [0.29, 0.717) is 11.3 Å². The van der Waals surface area contributed by atoms with Gasteiger partial charge in [0.2, 0.25) is 5.88 Å². The van der Waals surface area contributed by atoms with Crippen LogP contribution in [-0.4, -0.2) is 15.1 Å². The Kier molecular flexibility index (Phi) is 5.05. The normalized spacial score (nSPS) is 11.1. The average molecular weight is 371 g/mol. The fourth-order valence-electron chi connectivity index (χ4n) is 2.29. The van der Waals surface area contributed by atoms with Gasteiger partial charge in [0.05, 0.1) is 35.7 Å². The number of hydrogen-bond donors (Lipinski definition) is 1. The zero-order chi connectivity index (χ0) is 19.4. The van der Waals surface area contributed by atoms with E-state index < -0.39 is 18.3 Å². The van der Waals surface area contributed by atoms with Gasteiger partial charge in [0.25, 0.3) is 0 Å². The molecule has 0 amide bonds. The summed E-state index contributed by atoms with van der Waals surface area (Å²) in [6, 6.07) is 12.8. The Morgan fingerprint density at radius 1 is 1.11 bits per heavy atom. The van der Waals surface area contributed by atoms with E-state index in [1.165, 1.54) is 30.5 Å². The number of ether oxygens (including phenoxy) is 1. The van der Waals surface area contributed by atoms with Crippen LogP contribution in [0.4, 0.5) is 13.2 Å². The molecule has 0 unspecified atom stereocenters. The summed E-state index contributed by atoms with van der Waals surface area (Å²) >= 11 is 0. The quantitative estimate of drug-likeness (QED) is 0.739. The molecule has 8 heteroatoms.